The summed E-state index contributed by atoms with van der Waals surface area (Å²) in [7, 11) is 0. The van der Waals surface area contributed by atoms with Crippen LogP contribution in [0.3, 0.4) is 0 Å². The summed E-state index contributed by atoms with van der Waals surface area (Å²) >= 11 is 7.57. The topological polar surface area (TPSA) is 64.9 Å². The summed E-state index contributed by atoms with van der Waals surface area (Å²) in [6.45, 7) is 0.630. The average Bonchev–Trinajstić information content (AvgIpc) is 3.26. The summed E-state index contributed by atoms with van der Waals surface area (Å²) in [5.41, 5.74) is 1.62. The summed E-state index contributed by atoms with van der Waals surface area (Å²) in [5, 5.41) is 5.11. The lowest BCUT2D eigenvalue weighted by molar-refractivity contribution is -0.116. The van der Waals surface area contributed by atoms with E-state index in [1.165, 1.54) is 17.4 Å². The Labute approximate surface area is 146 Å². The minimum atomic E-state index is -0.214. The van der Waals surface area contributed by atoms with Crippen molar-refractivity contribution < 1.29 is 14.3 Å². The van der Waals surface area contributed by atoms with Crippen LogP contribution in [0.2, 0.25) is 5.15 Å². The molecule has 8 heteroatoms. The quantitative estimate of drug-likeness (QED) is 0.725. The zero-order valence-corrected chi connectivity index (χ0v) is 13.9. The van der Waals surface area contributed by atoms with Gasteiger partial charge in [-0.1, -0.05) is 17.7 Å². The minimum Gasteiger partial charge on any atom is -0.454 e. The fourth-order valence-electron chi connectivity index (χ4n) is 2.38. The number of amides is 1. The van der Waals surface area contributed by atoms with E-state index in [9.17, 15) is 4.79 Å². The molecule has 0 saturated heterocycles. The second kappa shape index (κ2) is 6.18. The van der Waals surface area contributed by atoms with Gasteiger partial charge in [0.15, 0.2) is 21.6 Å². The lowest BCUT2D eigenvalue weighted by atomic mass is 10.2. The van der Waals surface area contributed by atoms with Gasteiger partial charge in [-0.3, -0.25) is 9.20 Å². The zero-order chi connectivity index (χ0) is 16.5. The molecule has 4 rings (SSSR count). The number of hydrogen-bond donors (Lipinski definition) is 1. The van der Waals surface area contributed by atoms with E-state index < -0.39 is 0 Å². The van der Waals surface area contributed by atoms with E-state index >= 15 is 0 Å². The average molecular weight is 362 g/mol. The number of carbonyl (C=O) groups excluding carboxylic acids is 1. The summed E-state index contributed by atoms with van der Waals surface area (Å²) in [6.07, 6.45) is 4.97. The Morgan fingerprint density at radius 2 is 2.29 bits per heavy atom. The molecule has 6 nitrogen and oxygen atoms in total. The first kappa shape index (κ1) is 15.0. The highest BCUT2D eigenvalue weighted by atomic mass is 35.5. The normalized spacial score (nSPS) is 13.0. The number of halogens is 1. The predicted molar refractivity (Wildman–Crippen MR) is 91.5 cm³/mol. The second-order valence-electron chi connectivity index (χ2n) is 5.08. The SMILES string of the molecule is O=C(C=Cc1c(Cl)nc2sccn12)NCc1ccc2c(c1)OCO2. The molecule has 3 heterocycles. The first-order chi connectivity index (χ1) is 11.7. The van der Waals surface area contributed by atoms with Crippen molar-refractivity contribution in [3.05, 3.63) is 52.3 Å². The first-order valence-corrected chi connectivity index (χ1v) is 8.42. The van der Waals surface area contributed by atoms with E-state index in [0.717, 1.165) is 16.3 Å². The van der Waals surface area contributed by atoms with Crippen molar-refractivity contribution in [2.45, 2.75) is 6.54 Å². The largest absolute Gasteiger partial charge is 0.454 e. The molecule has 0 bridgehead atoms. The molecule has 1 amide bonds. The molecule has 0 radical (unpaired) electrons. The number of ether oxygens (including phenoxy) is 2. The Kier molecular flexibility index (Phi) is 3.87. The highest BCUT2D eigenvalue weighted by Crippen LogP contribution is 2.32. The molecule has 3 aromatic rings. The van der Waals surface area contributed by atoms with Crippen LogP contribution in [-0.4, -0.2) is 22.1 Å². The molecule has 0 unspecified atom stereocenters. The summed E-state index contributed by atoms with van der Waals surface area (Å²) in [6, 6.07) is 5.58. The van der Waals surface area contributed by atoms with E-state index in [1.807, 2.05) is 34.2 Å². The number of nitrogens with zero attached hydrogens (tertiary/aromatic N) is 2. The van der Waals surface area contributed by atoms with Crippen LogP contribution in [0.4, 0.5) is 0 Å². The van der Waals surface area contributed by atoms with Crippen LogP contribution in [0.1, 0.15) is 11.3 Å². The molecule has 0 aliphatic carbocycles. The van der Waals surface area contributed by atoms with Gasteiger partial charge in [-0.05, 0) is 23.8 Å². The van der Waals surface area contributed by atoms with Gasteiger partial charge >= 0.3 is 0 Å². The molecular weight excluding hydrogens is 350 g/mol. The molecule has 1 N–H and O–H groups in total. The van der Waals surface area contributed by atoms with Crippen molar-refractivity contribution in [2.75, 3.05) is 6.79 Å². The molecule has 1 aliphatic rings. The summed E-state index contributed by atoms with van der Waals surface area (Å²) < 4.78 is 12.4. The third-order valence-electron chi connectivity index (χ3n) is 3.55. The van der Waals surface area contributed by atoms with Gasteiger partial charge in [-0.15, -0.1) is 11.3 Å². The molecule has 24 heavy (non-hydrogen) atoms. The fourth-order valence-corrected chi connectivity index (χ4v) is 3.38. The number of hydrogen-bond acceptors (Lipinski definition) is 5. The fraction of sp³-hybridized carbons (Fsp3) is 0.125. The van der Waals surface area contributed by atoms with Gasteiger partial charge in [0.25, 0.3) is 0 Å². The summed E-state index contributed by atoms with van der Waals surface area (Å²) in [5.74, 6) is 1.21. The van der Waals surface area contributed by atoms with Crippen molar-refractivity contribution in [3.8, 4) is 11.5 Å². The smallest absolute Gasteiger partial charge is 0.244 e. The van der Waals surface area contributed by atoms with E-state index in [-0.39, 0.29) is 12.7 Å². The van der Waals surface area contributed by atoms with Crippen LogP contribution in [0, 0.1) is 0 Å². The van der Waals surface area contributed by atoms with E-state index in [0.29, 0.717) is 23.1 Å². The van der Waals surface area contributed by atoms with Gasteiger partial charge in [-0.25, -0.2) is 4.98 Å². The Bertz CT molecular complexity index is 947. The Balaban J connectivity index is 1.41. The van der Waals surface area contributed by atoms with Gasteiger partial charge in [0.1, 0.15) is 0 Å². The van der Waals surface area contributed by atoms with Gasteiger partial charge in [0.05, 0.1) is 5.69 Å². The van der Waals surface area contributed by atoms with E-state index in [1.54, 1.807) is 6.08 Å². The highest BCUT2D eigenvalue weighted by molar-refractivity contribution is 7.15. The van der Waals surface area contributed by atoms with Crippen LogP contribution in [0.25, 0.3) is 11.0 Å². The van der Waals surface area contributed by atoms with Crippen molar-refractivity contribution >= 4 is 39.9 Å². The maximum atomic E-state index is 12.0. The molecule has 1 aliphatic heterocycles. The predicted octanol–water partition coefficient (Wildman–Crippen LogP) is 3.11. The molecule has 0 atom stereocenters. The number of nitrogens with one attached hydrogen (secondary N) is 1. The molecular formula is C16H12ClN3O3S. The van der Waals surface area contributed by atoms with E-state index in [2.05, 4.69) is 10.3 Å². The number of imidazole rings is 1. The summed E-state index contributed by atoms with van der Waals surface area (Å²) in [4.78, 5) is 17.0. The third-order valence-corrected chi connectivity index (χ3v) is 4.59. The highest BCUT2D eigenvalue weighted by Gasteiger charge is 2.13. The number of thiazole rings is 1. The lowest BCUT2D eigenvalue weighted by Gasteiger charge is -2.04. The van der Waals surface area contributed by atoms with Crippen LogP contribution in [0.5, 0.6) is 11.5 Å². The maximum absolute atomic E-state index is 12.0. The van der Waals surface area contributed by atoms with Gasteiger partial charge in [-0.2, -0.15) is 0 Å². The molecule has 0 fully saturated rings. The standard InChI is InChI=1S/C16H12ClN3O3S/c17-15-11(20-5-6-24-16(20)19-15)2-4-14(21)18-8-10-1-3-12-13(7-10)23-9-22-12/h1-7H,8-9H2,(H,18,21). The Hall–Kier alpha value is -2.51. The molecule has 0 spiro atoms. The van der Waals surface area contributed by atoms with E-state index in [4.69, 9.17) is 21.1 Å². The Morgan fingerprint density at radius 3 is 3.21 bits per heavy atom. The van der Waals surface area contributed by atoms with Crippen molar-refractivity contribution in [1.82, 2.24) is 14.7 Å². The lowest BCUT2D eigenvalue weighted by Crippen LogP contribution is -2.20. The molecule has 1 aromatic carbocycles. The zero-order valence-electron chi connectivity index (χ0n) is 12.4. The van der Waals surface area contributed by atoms with Gasteiger partial charge in [0.2, 0.25) is 12.7 Å². The number of fused-ring (bicyclic) bond motifs is 2. The molecule has 2 aromatic heterocycles. The second-order valence-corrected chi connectivity index (χ2v) is 6.31. The van der Waals surface area contributed by atoms with Gasteiger partial charge < -0.3 is 14.8 Å². The van der Waals surface area contributed by atoms with Crippen LogP contribution in [0.15, 0.2) is 35.9 Å². The third kappa shape index (κ3) is 2.83. The molecule has 122 valence electrons. The number of benzene rings is 1. The van der Waals surface area contributed by atoms with Crippen molar-refractivity contribution in [3.63, 3.8) is 0 Å². The maximum Gasteiger partial charge on any atom is 0.244 e. The van der Waals surface area contributed by atoms with Crippen LogP contribution in [-0.2, 0) is 11.3 Å². The van der Waals surface area contributed by atoms with Crippen molar-refractivity contribution in [1.29, 1.82) is 0 Å². The Morgan fingerprint density at radius 1 is 1.42 bits per heavy atom. The molecule has 0 saturated carbocycles. The monoisotopic (exact) mass is 361 g/mol. The number of aromatic nitrogens is 2. The first-order valence-electron chi connectivity index (χ1n) is 7.16. The number of rotatable bonds is 4. The van der Waals surface area contributed by atoms with Crippen molar-refractivity contribution in [2.24, 2.45) is 0 Å². The van der Waals surface area contributed by atoms with Crippen LogP contribution >= 0.6 is 22.9 Å². The van der Waals surface area contributed by atoms with Gasteiger partial charge in [0, 0.05) is 24.2 Å². The van der Waals surface area contributed by atoms with Crippen LogP contribution < -0.4 is 14.8 Å². The number of carbonyl (C=O) groups is 1. The minimum absolute atomic E-state index is 0.214.